The third-order valence-corrected chi connectivity index (χ3v) is 2.70. The fourth-order valence-electron chi connectivity index (χ4n) is 1.83. The van der Waals surface area contributed by atoms with Crippen LogP contribution in [-0.2, 0) is 9.47 Å². The van der Waals surface area contributed by atoms with E-state index in [1.165, 1.54) is 0 Å². The van der Waals surface area contributed by atoms with Gasteiger partial charge in [-0.15, -0.1) is 0 Å². The molecule has 0 rings (SSSR count). The van der Waals surface area contributed by atoms with Gasteiger partial charge in [0.2, 0.25) is 0 Å². The van der Waals surface area contributed by atoms with E-state index in [4.69, 9.17) is 9.47 Å². The van der Waals surface area contributed by atoms with Crippen molar-refractivity contribution < 1.29 is 9.47 Å². The molecule has 0 saturated heterocycles. The number of methoxy groups -OCH3 is 2. The Kier molecular flexibility index (Phi) is 7.20. The maximum absolute atomic E-state index is 5.56. The van der Waals surface area contributed by atoms with Crippen molar-refractivity contribution in [2.45, 2.75) is 40.2 Å². The van der Waals surface area contributed by atoms with Gasteiger partial charge in [-0.2, -0.15) is 0 Å². The Morgan fingerprint density at radius 1 is 1.00 bits per heavy atom. The van der Waals surface area contributed by atoms with Gasteiger partial charge in [0, 0.05) is 20.1 Å². The van der Waals surface area contributed by atoms with Crippen LogP contribution in [0.15, 0.2) is 0 Å². The van der Waals surface area contributed by atoms with Crippen LogP contribution in [0.3, 0.4) is 0 Å². The minimum Gasteiger partial charge on any atom is -0.384 e. The zero-order valence-electron chi connectivity index (χ0n) is 10.5. The van der Waals surface area contributed by atoms with E-state index in [0.717, 1.165) is 13.0 Å². The second-order valence-electron chi connectivity index (χ2n) is 4.77. The molecule has 0 aromatic heterocycles. The highest BCUT2D eigenvalue weighted by Crippen LogP contribution is 2.23. The predicted molar refractivity (Wildman–Crippen MR) is 60.5 cm³/mol. The highest BCUT2D eigenvalue weighted by atomic mass is 16.5. The number of ether oxygens (including phenoxy) is 2. The quantitative estimate of drug-likeness (QED) is 0.632. The van der Waals surface area contributed by atoms with Crippen molar-refractivity contribution in [2.75, 3.05) is 20.8 Å². The molecule has 0 aliphatic carbocycles. The lowest BCUT2D eigenvalue weighted by Crippen LogP contribution is -2.32. The second kappa shape index (κ2) is 7.24. The minimum atomic E-state index is 0.329. The molecule has 0 fully saturated rings. The largest absolute Gasteiger partial charge is 0.384 e. The summed E-state index contributed by atoms with van der Waals surface area (Å²) >= 11 is 0. The van der Waals surface area contributed by atoms with Crippen LogP contribution in [0.25, 0.3) is 0 Å². The van der Waals surface area contributed by atoms with Crippen molar-refractivity contribution in [3.63, 3.8) is 0 Å². The zero-order valence-corrected chi connectivity index (χ0v) is 10.5. The number of rotatable bonds is 7. The number of hydrogen-bond donors (Lipinski definition) is 0. The molecule has 2 unspecified atom stereocenters. The summed E-state index contributed by atoms with van der Waals surface area (Å²) in [6.45, 7) is 9.72. The summed E-state index contributed by atoms with van der Waals surface area (Å²) in [6, 6.07) is 0. The highest BCUT2D eigenvalue weighted by molar-refractivity contribution is 4.74. The van der Waals surface area contributed by atoms with E-state index in [2.05, 4.69) is 27.7 Å². The Morgan fingerprint density at radius 3 is 1.86 bits per heavy atom. The van der Waals surface area contributed by atoms with Crippen molar-refractivity contribution in [3.8, 4) is 0 Å². The molecule has 2 nitrogen and oxygen atoms in total. The smallest absolute Gasteiger partial charge is 0.0626 e. The second-order valence-corrected chi connectivity index (χ2v) is 4.77. The molecule has 0 bridgehead atoms. The maximum atomic E-state index is 5.56. The summed E-state index contributed by atoms with van der Waals surface area (Å²) in [6.07, 6.45) is 1.44. The van der Waals surface area contributed by atoms with Crippen molar-refractivity contribution in [1.29, 1.82) is 0 Å². The molecular weight excluding hydrogens is 176 g/mol. The standard InChI is InChI=1S/C12H26O2/c1-9(2)7-12(14-6)11(8-13-5)10(3)4/h9-12H,7-8H2,1-6H3. The molecule has 0 amide bonds. The Bertz CT molecular complexity index is 132. The summed E-state index contributed by atoms with van der Waals surface area (Å²) in [5, 5.41) is 0. The van der Waals surface area contributed by atoms with Gasteiger partial charge >= 0.3 is 0 Å². The van der Waals surface area contributed by atoms with E-state index in [1.807, 2.05) is 0 Å². The van der Waals surface area contributed by atoms with Gasteiger partial charge in [0.05, 0.1) is 12.7 Å². The van der Waals surface area contributed by atoms with E-state index < -0.39 is 0 Å². The molecule has 0 N–H and O–H groups in total. The lowest BCUT2D eigenvalue weighted by Gasteiger charge is -2.29. The Balaban J connectivity index is 4.25. The molecule has 86 valence electrons. The van der Waals surface area contributed by atoms with Gasteiger partial charge in [-0.25, -0.2) is 0 Å². The summed E-state index contributed by atoms with van der Waals surface area (Å²) < 4.78 is 10.8. The Morgan fingerprint density at radius 2 is 1.57 bits per heavy atom. The summed E-state index contributed by atoms with van der Waals surface area (Å²) in [7, 11) is 3.57. The van der Waals surface area contributed by atoms with Crippen LogP contribution in [0.4, 0.5) is 0 Å². The average molecular weight is 202 g/mol. The minimum absolute atomic E-state index is 0.329. The molecule has 2 atom stereocenters. The molecule has 0 spiro atoms. The van der Waals surface area contributed by atoms with Crippen LogP contribution in [-0.4, -0.2) is 26.9 Å². The monoisotopic (exact) mass is 202 g/mol. The van der Waals surface area contributed by atoms with E-state index >= 15 is 0 Å². The SMILES string of the molecule is COCC(C(C)C)C(CC(C)C)OC. The van der Waals surface area contributed by atoms with E-state index in [1.54, 1.807) is 14.2 Å². The summed E-state index contributed by atoms with van der Waals surface area (Å²) in [5.74, 6) is 1.80. The zero-order chi connectivity index (χ0) is 11.1. The molecule has 0 radical (unpaired) electrons. The predicted octanol–water partition coefficient (Wildman–Crippen LogP) is 2.97. The molecular formula is C12H26O2. The molecule has 14 heavy (non-hydrogen) atoms. The topological polar surface area (TPSA) is 18.5 Å². The molecule has 0 aliphatic rings. The first-order chi connectivity index (χ1) is 6.52. The van der Waals surface area contributed by atoms with Gasteiger partial charge in [-0.1, -0.05) is 27.7 Å². The summed E-state index contributed by atoms with van der Waals surface area (Å²) in [4.78, 5) is 0. The first-order valence-corrected chi connectivity index (χ1v) is 5.54. The van der Waals surface area contributed by atoms with Gasteiger partial charge in [0.25, 0.3) is 0 Å². The fourth-order valence-corrected chi connectivity index (χ4v) is 1.83. The van der Waals surface area contributed by atoms with Crippen LogP contribution in [0.1, 0.15) is 34.1 Å². The van der Waals surface area contributed by atoms with Crippen LogP contribution < -0.4 is 0 Å². The first kappa shape index (κ1) is 13.9. The Labute approximate surface area is 89.0 Å². The van der Waals surface area contributed by atoms with Crippen LogP contribution in [0, 0.1) is 17.8 Å². The molecule has 0 saturated carbocycles. The van der Waals surface area contributed by atoms with Crippen molar-refractivity contribution in [2.24, 2.45) is 17.8 Å². The van der Waals surface area contributed by atoms with E-state index in [0.29, 0.717) is 23.9 Å². The van der Waals surface area contributed by atoms with Gasteiger partial charge in [0.1, 0.15) is 0 Å². The van der Waals surface area contributed by atoms with Crippen molar-refractivity contribution in [3.05, 3.63) is 0 Å². The van der Waals surface area contributed by atoms with Gasteiger partial charge in [-0.05, 0) is 18.3 Å². The van der Waals surface area contributed by atoms with Crippen LogP contribution in [0.5, 0.6) is 0 Å². The third kappa shape index (κ3) is 4.97. The molecule has 0 aromatic rings. The highest BCUT2D eigenvalue weighted by Gasteiger charge is 2.24. The lowest BCUT2D eigenvalue weighted by atomic mass is 9.86. The Hall–Kier alpha value is -0.0800. The van der Waals surface area contributed by atoms with Crippen molar-refractivity contribution >= 4 is 0 Å². The third-order valence-electron chi connectivity index (χ3n) is 2.70. The summed E-state index contributed by atoms with van der Waals surface area (Å²) in [5.41, 5.74) is 0. The number of hydrogen-bond acceptors (Lipinski definition) is 2. The fraction of sp³-hybridized carbons (Fsp3) is 1.00. The molecule has 0 aromatic carbocycles. The van der Waals surface area contributed by atoms with Gasteiger partial charge < -0.3 is 9.47 Å². The van der Waals surface area contributed by atoms with E-state index in [9.17, 15) is 0 Å². The van der Waals surface area contributed by atoms with Crippen LogP contribution >= 0.6 is 0 Å². The normalized spacial score (nSPS) is 16.3. The lowest BCUT2D eigenvalue weighted by molar-refractivity contribution is -0.0157. The molecule has 2 heteroatoms. The van der Waals surface area contributed by atoms with Crippen LogP contribution in [0.2, 0.25) is 0 Å². The average Bonchev–Trinajstić information content (AvgIpc) is 2.10. The first-order valence-electron chi connectivity index (χ1n) is 5.54. The van der Waals surface area contributed by atoms with Crippen molar-refractivity contribution in [1.82, 2.24) is 0 Å². The van der Waals surface area contributed by atoms with Gasteiger partial charge in [0.15, 0.2) is 0 Å². The molecule has 0 aliphatic heterocycles. The molecule has 0 heterocycles. The maximum Gasteiger partial charge on any atom is 0.0626 e. The van der Waals surface area contributed by atoms with Gasteiger partial charge in [-0.3, -0.25) is 0 Å². The van der Waals surface area contributed by atoms with E-state index in [-0.39, 0.29) is 0 Å².